The molecule has 1 N–H and O–H groups in total. The molecule has 0 aliphatic rings. The Balaban J connectivity index is 3.07. The van der Waals surface area contributed by atoms with E-state index in [1.165, 1.54) is 0 Å². The lowest BCUT2D eigenvalue weighted by Gasteiger charge is -2.19. The fourth-order valence-corrected chi connectivity index (χ4v) is 1.67. The van der Waals surface area contributed by atoms with Crippen molar-refractivity contribution in [1.29, 1.82) is 0 Å². The molecule has 0 aliphatic heterocycles. The quantitative estimate of drug-likeness (QED) is 0.841. The molecule has 1 atom stereocenters. The van der Waals surface area contributed by atoms with Crippen molar-refractivity contribution in [1.82, 2.24) is 0 Å². The monoisotopic (exact) mass is 262 g/mol. The van der Waals surface area contributed by atoms with Gasteiger partial charge in [-0.3, -0.25) is 0 Å². The molecule has 0 saturated heterocycles. The van der Waals surface area contributed by atoms with Gasteiger partial charge in [-0.2, -0.15) is 0 Å². The van der Waals surface area contributed by atoms with Crippen LogP contribution >= 0.6 is 23.2 Å². The van der Waals surface area contributed by atoms with Crippen molar-refractivity contribution < 1.29 is 9.84 Å². The van der Waals surface area contributed by atoms with E-state index in [0.717, 1.165) is 5.56 Å². The van der Waals surface area contributed by atoms with E-state index in [9.17, 15) is 5.11 Å². The maximum absolute atomic E-state index is 9.87. The molecule has 1 unspecified atom stereocenters. The molecule has 0 fully saturated rings. The second-order valence-corrected chi connectivity index (χ2v) is 5.15. The molecule has 0 amide bonds. The largest absolute Gasteiger partial charge is 0.491 e. The molecule has 0 radical (unpaired) electrons. The summed E-state index contributed by atoms with van der Waals surface area (Å²) in [5, 5.41) is 9.87. The summed E-state index contributed by atoms with van der Waals surface area (Å²) >= 11 is 11.4. The SMILES string of the molecule is Cc1ccc(OC(C)C)c(C(O)C(Cl)Cl)c1. The molecule has 90 valence electrons. The number of aliphatic hydroxyl groups excluding tert-OH is 1. The normalized spacial score (nSPS) is 13.2. The third-order valence-electron chi connectivity index (χ3n) is 2.09. The number of benzene rings is 1. The van der Waals surface area contributed by atoms with Gasteiger partial charge in [0.1, 0.15) is 16.7 Å². The summed E-state index contributed by atoms with van der Waals surface area (Å²) in [6, 6.07) is 5.58. The minimum Gasteiger partial charge on any atom is -0.491 e. The van der Waals surface area contributed by atoms with Crippen LogP contribution in [0.3, 0.4) is 0 Å². The smallest absolute Gasteiger partial charge is 0.137 e. The van der Waals surface area contributed by atoms with Crippen LogP contribution in [0.2, 0.25) is 0 Å². The van der Waals surface area contributed by atoms with Crippen molar-refractivity contribution in [3.05, 3.63) is 29.3 Å². The molecule has 0 heterocycles. The fraction of sp³-hybridized carbons (Fsp3) is 0.500. The number of alkyl halides is 2. The molecule has 1 aromatic rings. The molecule has 0 aromatic heterocycles. The maximum Gasteiger partial charge on any atom is 0.137 e. The Morgan fingerprint density at radius 2 is 1.88 bits per heavy atom. The molecule has 0 spiro atoms. The van der Waals surface area contributed by atoms with Gasteiger partial charge in [0.2, 0.25) is 0 Å². The Bertz CT molecular complexity index is 351. The molecular weight excluding hydrogens is 247 g/mol. The predicted molar refractivity (Wildman–Crippen MR) is 67.4 cm³/mol. The minimum atomic E-state index is -0.933. The second-order valence-electron chi connectivity index (χ2n) is 3.99. The van der Waals surface area contributed by atoms with Crippen LogP contribution < -0.4 is 4.74 Å². The first-order valence-electron chi connectivity index (χ1n) is 5.15. The molecule has 1 aromatic carbocycles. The van der Waals surface area contributed by atoms with Crippen LogP contribution in [-0.2, 0) is 0 Å². The topological polar surface area (TPSA) is 29.5 Å². The highest BCUT2D eigenvalue weighted by Crippen LogP contribution is 2.32. The van der Waals surface area contributed by atoms with Crippen LogP contribution in [0.15, 0.2) is 18.2 Å². The molecule has 2 nitrogen and oxygen atoms in total. The summed E-state index contributed by atoms with van der Waals surface area (Å²) in [6.45, 7) is 5.79. The number of ether oxygens (including phenoxy) is 1. The number of hydrogen-bond donors (Lipinski definition) is 1. The average molecular weight is 263 g/mol. The van der Waals surface area contributed by atoms with Gasteiger partial charge < -0.3 is 9.84 Å². The average Bonchev–Trinajstić information content (AvgIpc) is 2.18. The summed E-state index contributed by atoms with van der Waals surface area (Å²) < 4.78 is 5.59. The zero-order valence-electron chi connectivity index (χ0n) is 9.58. The summed E-state index contributed by atoms with van der Waals surface area (Å²) in [4.78, 5) is -0.865. The van der Waals surface area contributed by atoms with Crippen LogP contribution in [-0.4, -0.2) is 16.0 Å². The summed E-state index contributed by atoms with van der Waals surface area (Å²) in [5.41, 5.74) is 1.66. The summed E-state index contributed by atoms with van der Waals surface area (Å²) in [7, 11) is 0. The third-order valence-corrected chi connectivity index (χ3v) is 2.56. The van der Waals surface area contributed by atoms with E-state index in [2.05, 4.69) is 0 Å². The van der Waals surface area contributed by atoms with E-state index in [4.69, 9.17) is 27.9 Å². The van der Waals surface area contributed by atoms with Crippen LogP contribution in [0, 0.1) is 6.92 Å². The number of halogens is 2. The Hall–Kier alpha value is -0.440. The number of aryl methyl sites for hydroxylation is 1. The first-order chi connectivity index (χ1) is 7.41. The Morgan fingerprint density at radius 3 is 2.38 bits per heavy atom. The zero-order valence-corrected chi connectivity index (χ0v) is 11.1. The molecular formula is C12H16Cl2O2. The van der Waals surface area contributed by atoms with Crippen molar-refractivity contribution in [3.8, 4) is 5.75 Å². The Morgan fingerprint density at radius 1 is 1.25 bits per heavy atom. The highest BCUT2D eigenvalue weighted by Gasteiger charge is 2.20. The second kappa shape index (κ2) is 5.76. The number of aliphatic hydroxyl groups is 1. The van der Waals surface area contributed by atoms with Gasteiger partial charge >= 0.3 is 0 Å². The molecule has 16 heavy (non-hydrogen) atoms. The van der Waals surface area contributed by atoms with Gasteiger partial charge in [0, 0.05) is 5.56 Å². The van der Waals surface area contributed by atoms with E-state index in [-0.39, 0.29) is 6.10 Å². The van der Waals surface area contributed by atoms with Gasteiger partial charge in [0.05, 0.1) is 6.10 Å². The van der Waals surface area contributed by atoms with Gasteiger partial charge in [0.15, 0.2) is 0 Å². The van der Waals surface area contributed by atoms with Crippen LogP contribution in [0.5, 0.6) is 5.75 Å². The van der Waals surface area contributed by atoms with Crippen molar-refractivity contribution in [3.63, 3.8) is 0 Å². The summed E-state index contributed by atoms with van der Waals surface area (Å²) in [5.74, 6) is 0.624. The molecule has 1 rings (SSSR count). The van der Waals surface area contributed by atoms with Crippen LogP contribution in [0.4, 0.5) is 0 Å². The fourth-order valence-electron chi connectivity index (χ4n) is 1.40. The van der Waals surface area contributed by atoms with Crippen molar-refractivity contribution in [2.45, 2.75) is 37.8 Å². The van der Waals surface area contributed by atoms with Gasteiger partial charge in [-0.05, 0) is 32.9 Å². The van der Waals surface area contributed by atoms with E-state index in [0.29, 0.717) is 11.3 Å². The van der Waals surface area contributed by atoms with Crippen LogP contribution in [0.25, 0.3) is 0 Å². The van der Waals surface area contributed by atoms with E-state index >= 15 is 0 Å². The maximum atomic E-state index is 9.87. The third kappa shape index (κ3) is 3.55. The first-order valence-corrected chi connectivity index (χ1v) is 6.02. The number of rotatable bonds is 4. The lowest BCUT2D eigenvalue weighted by molar-refractivity contribution is 0.177. The van der Waals surface area contributed by atoms with E-state index in [1.807, 2.05) is 39.0 Å². The molecule has 0 aliphatic carbocycles. The van der Waals surface area contributed by atoms with Crippen molar-refractivity contribution in [2.75, 3.05) is 0 Å². The van der Waals surface area contributed by atoms with Gasteiger partial charge in [-0.25, -0.2) is 0 Å². The van der Waals surface area contributed by atoms with Gasteiger partial charge in [0.25, 0.3) is 0 Å². The van der Waals surface area contributed by atoms with Crippen LogP contribution in [0.1, 0.15) is 31.1 Å². The minimum absolute atomic E-state index is 0.0396. The van der Waals surface area contributed by atoms with E-state index < -0.39 is 10.9 Å². The first kappa shape index (κ1) is 13.6. The zero-order chi connectivity index (χ0) is 12.3. The molecule has 0 bridgehead atoms. The Labute approximate surface area is 106 Å². The predicted octanol–water partition coefficient (Wildman–Crippen LogP) is 3.62. The van der Waals surface area contributed by atoms with E-state index in [1.54, 1.807) is 0 Å². The molecule has 4 heteroatoms. The highest BCUT2D eigenvalue weighted by atomic mass is 35.5. The summed E-state index contributed by atoms with van der Waals surface area (Å²) in [6.07, 6.45) is -0.894. The standard InChI is InChI=1S/C12H16Cl2O2/c1-7(2)16-10-5-4-8(3)6-9(10)11(15)12(13)14/h4-7,11-12,15H,1-3H3. The van der Waals surface area contributed by atoms with Gasteiger partial charge in [-0.15, -0.1) is 23.2 Å². The lowest BCUT2D eigenvalue weighted by atomic mass is 10.1. The number of hydrogen-bond acceptors (Lipinski definition) is 2. The highest BCUT2D eigenvalue weighted by molar-refractivity contribution is 6.44. The van der Waals surface area contributed by atoms with Crippen molar-refractivity contribution in [2.24, 2.45) is 0 Å². The van der Waals surface area contributed by atoms with Crippen molar-refractivity contribution >= 4 is 23.2 Å². The Kier molecular flexibility index (Phi) is 4.90. The molecule has 0 saturated carbocycles. The van der Waals surface area contributed by atoms with Gasteiger partial charge in [-0.1, -0.05) is 11.6 Å². The lowest BCUT2D eigenvalue weighted by Crippen LogP contribution is -2.12.